The van der Waals surface area contributed by atoms with Crippen LogP contribution in [0.4, 0.5) is 4.39 Å². The Kier molecular flexibility index (Phi) is 5.32. The molecule has 106 valence electrons. The first-order valence-electron chi connectivity index (χ1n) is 6.46. The summed E-state index contributed by atoms with van der Waals surface area (Å²) in [5, 5.41) is 3.72. The molecule has 0 atom stereocenters. The van der Waals surface area contributed by atoms with Crippen LogP contribution in [0.5, 0.6) is 11.5 Å². The molecule has 0 unspecified atom stereocenters. The second-order valence-corrected chi connectivity index (χ2v) is 4.81. The van der Waals surface area contributed by atoms with Gasteiger partial charge >= 0.3 is 0 Å². The van der Waals surface area contributed by atoms with Gasteiger partial charge in [0.15, 0.2) is 0 Å². The van der Waals surface area contributed by atoms with Crippen LogP contribution < -0.4 is 10.1 Å². The zero-order chi connectivity index (χ0) is 14.4. The SMILES string of the molecule is CCCNCc1cc(F)ccc1Oc1cncc(Cl)c1. The largest absolute Gasteiger partial charge is 0.455 e. The van der Waals surface area contributed by atoms with E-state index in [2.05, 4.69) is 17.2 Å². The molecule has 3 nitrogen and oxygen atoms in total. The predicted octanol–water partition coefficient (Wildman–Crippen LogP) is 4.17. The molecular formula is C15H16ClFN2O. The van der Waals surface area contributed by atoms with Gasteiger partial charge in [-0.3, -0.25) is 4.98 Å². The van der Waals surface area contributed by atoms with Crippen LogP contribution in [0, 0.1) is 5.82 Å². The summed E-state index contributed by atoms with van der Waals surface area (Å²) >= 11 is 5.86. The molecule has 0 radical (unpaired) electrons. The monoisotopic (exact) mass is 294 g/mol. The highest BCUT2D eigenvalue weighted by atomic mass is 35.5. The number of rotatable bonds is 6. The Hall–Kier alpha value is -1.65. The van der Waals surface area contributed by atoms with Crippen LogP contribution in [0.25, 0.3) is 0 Å². The molecule has 0 aliphatic rings. The number of ether oxygens (including phenoxy) is 1. The first-order chi connectivity index (χ1) is 9.69. The van der Waals surface area contributed by atoms with Gasteiger partial charge in [-0.2, -0.15) is 0 Å². The highest BCUT2D eigenvalue weighted by Gasteiger charge is 2.07. The Morgan fingerprint density at radius 2 is 2.15 bits per heavy atom. The number of aromatic nitrogens is 1. The molecule has 1 aromatic carbocycles. The van der Waals surface area contributed by atoms with Gasteiger partial charge in [0, 0.05) is 24.4 Å². The minimum Gasteiger partial charge on any atom is -0.455 e. The van der Waals surface area contributed by atoms with E-state index in [1.807, 2.05) is 0 Å². The molecule has 0 amide bonds. The number of nitrogens with zero attached hydrogens (tertiary/aromatic N) is 1. The Morgan fingerprint density at radius 1 is 1.30 bits per heavy atom. The van der Waals surface area contributed by atoms with E-state index in [1.54, 1.807) is 18.3 Å². The van der Waals surface area contributed by atoms with Crippen LogP contribution >= 0.6 is 11.6 Å². The van der Waals surface area contributed by atoms with Crippen LogP contribution in [-0.4, -0.2) is 11.5 Å². The number of hydrogen-bond acceptors (Lipinski definition) is 3. The van der Waals surface area contributed by atoms with Crippen LogP contribution in [0.15, 0.2) is 36.7 Å². The Morgan fingerprint density at radius 3 is 2.90 bits per heavy atom. The topological polar surface area (TPSA) is 34.1 Å². The third kappa shape index (κ3) is 4.18. The molecule has 1 heterocycles. The summed E-state index contributed by atoms with van der Waals surface area (Å²) in [4.78, 5) is 3.96. The fraction of sp³-hybridized carbons (Fsp3) is 0.267. The minimum absolute atomic E-state index is 0.283. The number of benzene rings is 1. The summed E-state index contributed by atoms with van der Waals surface area (Å²) in [6.45, 7) is 3.50. The second-order valence-electron chi connectivity index (χ2n) is 4.37. The average molecular weight is 295 g/mol. The quantitative estimate of drug-likeness (QED) is 0.812. The standard InChI is InChI=1S/C15H16ClFN2O/c1-2-5-18-8-11-6-13(17)3-4-15(11)20-14-7-12(16)9-19-10-14/h3-4,6-7,9-10,18H,2,5,8H2,1H3. The van der Waals surface area contributed by atoms with Crippen molar-refractivity contribution in [2.75, 3.05) is 6.54 Å². The molecule has 1 aromatic heterocycles. The molecule has 0 fully saturated rings. The average Bonchev–Trinajstić information content (AvgIpc) is 2.42. The number of halogens is 2. The van der Waals surface area contributed by atoms with Crippen LogP contribution in [-0.2, 0) is 6.54 Å². The van der Waals surface area contributed by atoms with Gasteiger partial charge in [-0.15, -0.1) is 0 Å². The summed E-state index contributed by atoms with van der Waals surface area (Å²) in [6.07, 6.45) is 4.12. The number of hydrogen-bond donors (Lipinski definition) is 1. The van der Waals surface area contributed by atoms with Crippen molar-refractivity contribution in [3.63, 3.8) is 0 Å². The maximum Gasteiger partial charge on any atom is 0.147 e. The molecule has 5 heteroatoms. The third-order valence-corrected chi connectivity index (χ3v) is 2.88. The minimum atomic E-state index is -0.283. The van der Waals surface area contributed by atoms with Crippen molar-refractivity contribution >= 4 is 11.6 Å². The third-order valence-electron chi connectivity index (χ3n) is 2.67. The van der Waals surface area contributed by atoms with Gasteiger partial charge in [0.05, 0.1) is 11.2 Å². The second kappa shape index (κ2) is 7.22. The zero-order valence-electron chi connectivity index (χ0n) is 11.2. The van der Waals surface area contributed by atoms with Crippen molar-refractivity contribution in [3.05, 3.63) is 53.1 Å². The van der Waals surface area contributed by atoms with Crippen LogP contribution in [0.2, 0.25) is 5.02 Å². The predicted molar refractivity (Wildman–Crippen MR) is 77.7 cm³/mol. The molecule has 0 saturated carbocycles. The lowest BCUT2D eigenvalue weighted by molar-refractivity contribution is 0.468. The van der Waals surface area contributed by atoms with E-state index in [-0.39, 0.29) is 5.82 Å². The molecule has 0 spiro atoms. The first-order valence-corrected chi connectivity index (χ1v) is 6.84. The molecule has 1 N–H and O–H groups in total. The van der Waals surface area contributed by atoms with Gasteiger partial charge in [0.2, 0.25) is 0 Å². The van der Waals surface area contributed by atoms with E-state index < -0.39 is 0 Å². The highest BCUT2D eigenvalue weighted by Crippen LogP contribution is 2.27. The van der Waals surface area contributed by atoms with E-state index in [0.29, 0.717) is 23.1 Å². The lowest BCUT2D eigenvalue weighted by Crippen LogP contribution is -2.14. The first kappa shape index (κ1) is 14.8. The lowest BCUT2D eigenvalue weighted by atomic mass is 10.2. The number of pyridine rings is 1. The van der Waals surface area contributed by atoms with E-state index in [9.17, 15) is 4.39 Å². The molecule has 20 heavy (non-hydrogen) atoms. The van der Waals surface area contributed by atoms with E-state index >= 15 is 0 Å². The van der Waals surface area contributed by atoms with Gasteiger partial charge in [0.1, 0.15) is 17.3 Å². The fourth-order valence-corrected chi connectivity index (χ4v) is 1.92. The van der Waals surface area contributed by atoms with Gasteiger partial charge in [-0.1, -0.05) is 18.5 Å². The van der Waals surface area contributed by atoms with Gasteiger partial charge in [0.25, 0.3) is 0 Å². The van der Waals surface area contributed by atoms with E-state index in [1.165, 1.54) is 18.3 Å². The van der Waals surface area contributed by atoms with Gasteiger partial charge in [-0.05, 0) is 31.2 Å². The summed E-state index contributed by atoms with van der Waals surface area (Å²) in [5.74, 6) is 0.842. The smallest absolute Gasteiger partial charge is 0.147 e. The van der Waals surface area contributed by atoms with Crippen LogP contribution in [0.1, 0.15) is 18.9 Å². The normalized spacial score (nSPS) is 10.6. The Labute approximate surface area is 122 Å². The zero-order valence-corrected chi connectivity index (χ0v) is 12.0. The molecule has 2 aromatic rings. The molecule has 0 bridgehead atoms. The Bertz CT molecular complexity index is 578. The maximum absolute atomic E-state index is 13.3. The van der Waals surface area contributed by atoms with E-state index in [0.717, 1.165) is 18.5 Å². The molecular weight excluding hydrogens is 279 g/mol. The molecule has 2 rings (SSSR count). The van der Waals surface area contributed by atoms with Crippen molar-refractivity contribution in [1.82, 2.24) is 10.3 Å². The summed E-state index contributed by atoms with van der Waals surface area (Å²) < 4.78 is 19.1. The lowest BCUT2D eigenvalue weighted by Gasteiger charge is -2.12. The van der Waals surface area contributed by atoms with Crippen molar-refractivity contribution in [1.29, 1.82) is 0 Å². The summed E-state index contributed by atoms with van der Waals surface area (Å²) in [5.41, 5.74) is 0.762. The van der Waals surface area contributed by atoms with E-state index in [4.69, 9.17) is 16.3 Å². The Balaban J connectivity index is 2.17. The fourth-order valence-electron chi connectivity index (χ4n) is 1.76. The highest BCUT2D eigenvalue weighted by molar-refractivity contribution is 6.30. The molecule has 0 aliphatic heterocycles. The van der Waals surface area contributed by atoms with Crippen molar-refractivity contribution < 1.29 is 9.13 Å². The summed E-state index contributed by atoms with van der Waals surface area (Å²) in [6, 6.07) is 6.12. The van der Waals surface area contributed by atoms with Gasteiger partial charge < -0.3 is 10.1 Å². The van der Waals surface area contributed by atoms with Crippen molar-refractivity contribution in [2.45, 2.75) is 19.9 Å². The molecule has 0 saturated heterocycles. The van der Waals surface area contributed by atoms with Gasteiger partial charge in [-0.25, -0.2) is 4.39 Å². The van der Waals surface area contributed by atoms with Crippen molar-refractivity contribution in [3.8, 4) is 11.5 Å². The molecule has 0 aliphatic carbocycles. The summed E-state index contributed by atoms with van der Waals surface area (Å²) in [7, 11) is 0. The van der Waals surface area contributed by atoms with Crippen molar-refractivity contribution in [2.24, 2.45) is 0 Å². The van der Waals surface area contributed by atoms with Crippen LogP contribution in [0.3, 0.4) is 0 Å². The number of nitrogens with one attached hydrogen (secondary N) is 1. The maximum atomic E-state index is 13.3.